The molecule has 3 heterocycles. The molecule has 1 fully saturated rings. The smallest absolute Gasteiger partial charge is 0.280 e. The molecule has 0 unspecified atom stereocenters. The third-order valence-electron chi connectivity index (χ3n) is 4.97. The third kappa shape index (κ3) is 2.59. The second-order valence-corrected chi connectivity index (χ2v) is 6.87. The zero-order valence-corrected chi connectivity index (χ0v) is 14.4. The summed E-state index contributed by atoms with van der Waals surface area (Å²) in [4.78, 5) is 14.8. The van der Waals surface area contributed by atoms with E-state index in [1.807, 2.05) is 29.8 Å². The van der Waals surface area contributed by atoms with Crippen LogP contribution < -0.4 is 10.2 Å². The van der Waals surface area contributed by atoms with Gasteiger partial charge in [0.1, 0.15) is 0 Å². The van der Waals surface area contributed by atoms with Gasteiger partial charge in [0.15, 0.2) is 5.69 Å². The zero-order valence-electron chi connectivity index (χ0n) is 13.6. The Morgan fingerprint density at radius 2 is 2.12 bits per heavy atom. The molecule has 0 atom stereocenters. The van der Waals surface area contributed by atoms with Crippen LogP contribution in [0.3, 0.4) is 0 Å². The van der Waals surface area contributed by atoms with E-state index < -0.39 is 0 Å². The number of anilines is 1. The number of fused-ring (bicyclic) bond motifs is 1. The molecule has 0 spiro atoms. The summed E-state index contributed by atoms with van der Waals surface area (Å²) in [6.45, 7) is 4.55. The summed E-state index contributed by atoms with van der Waals surface area (Å²) >= 11 is 6.10. The second-order valence-electron chi connectivity index (χ2n) is 6.43. The minimum Gasteiger partial charge on any atom is -0.317 e. The van der Waals surface area contributed by atoms with Crippen molar-refractivity contribution < 1.29 is 4.79 Å². The third-order valence-corrected chi connectivity index (χ3v) is 5.21. The lowest BCUT2D eigenvalue weighted by Crippen LogP contribution is -2.31. The van der Waals surface area contributed by atoms with Gasteiger partial charge in [0, 0.05) is 17.3 Å². The highest BCUT2D eigenvalue weighted by Crippen LogP contribution is 2.32. The van der Waals surface area contributed by atoms with Crippen molar-refractivity contribution in [1.82, 2.24) is 20.3 Å². The highest BCUT2D eigenvalue weighted by Gasteiger charge is 2.30. The average Bonchev–Trinajstić information content (AvgIpc) is 3.18. The van der Waals surface area contributed by atoms with Crippen LogP contribution in [-0.2, 0) is 6.42 Å². The van der Waals surface area contributed by atoms with Gasteiger partial charge in [0.2, 0.25) is 0 Å². The molecule has 0 bridgehead atoms. The first-order valence-electron chi connectivity index (χ1n) is 8.38. The molecule has 126 valence electrons. The van der Waals surface area contributed by atoms with Crippen molar-refractivity contribution in [3.05, 3.63) is 40.2 Å². The van der Waals surface area contributed by atoms with Gasteiger partial charge in [-0.1, -0.05) is 22.9 Å². The van der Waals surface area contributed by atoms with Crippen molar-refractivity contribution in [3.63, 3.8) is 0 Å². The lowest BCUT2D eigenvalue weighted by atomic mass is 10.1. The quantitative estimate of drug-likeness (QED) is 0.907. The number of benzene rings is 1. The van der Waals surface area contributed by atoms with E-state index in [9.17, 15) is 4.79 Å². The Morgan fingerprint density at radius 3 is 2.92 bits per heavy atom. The van der Waals surface area contributed by atoms with Gasteiger partial charge in [-0.2, -0.15) is 0 Å². The molecule has 2 aliphatic heterocycles. The lowest BCUT2D eigenvalue weighted by Gasteiger charge is -2.23. The molecule has 7 heteroatoms. The number of carbonyl (C=O) groups excluding carboxylic acids is 1. The maximum Gasteiger partial charge on any atom is 0.280 e. The summed E-state index contributed by atoms with van der Waals surface area (Å²) < 4.78 is 1.92. The van der Waals surface area contributed by atoms with Crippen molar-refractivity contribution in [2.75, 3.05) is 24.5 Å². The van der Waals surface area contributed by atoms with E-state index in [1.165, 1.54) is 0 Å². The highest BCUT2D eigenvalue weighted by atomic mass is 35.5. The van der Waals surface area contributed by atoms with Gasteiger partial charge < -0.3 is 10.2 Å². The fourth-order valence-corrected chi connectivity index (χ4v) is 3.79. The molecule has 2 aliphatic rings. The first-order valence-corrected chi connectivity index (χ1v) is 8.76. The van der Waals surface area contributed by atoms with Crippen LogP contribution in [0.25, 0.3) is 0 Å². The summed E-state index contributed by atoms with van der Waals surface area (Å²) in [5.41, 5.74) is 3.34. The van der Waals surface area contributed by atoms with Crippen molar-refractivity contribution in [2.24, 2.45) is 0 Å². The number of rotatable bonds is 2. The molecule has 1 amide bonds. The highest BCUT2D eigenvalue weighted by molar-refractivity contribution is 6.31. The van der Waals surface area contributed by atoms with Gasteiger partial charge in [-0.15, -0.1) is 5.10 Å². The maximum atomic E-state index is 13.0. The number of carbonyl (C=O) groups is 1. The van der Waals surface area contributed by atoms with E-state index in [2.05, 4.69) is 15.6 Å². The number of hydrogen-bond acceptors (Lipinski definition) is 4. The Morgan fingerprint density at radius 1 is 1.33 bits per heavy atom. The summed E-state index contributed by atoms with van der Waals surface area (Å²) in [6, 6.07) is 6.03. The molecule has 1 N–H and O–H groups in total. The molecule has 0 saturated carbocycles. The minimum absolute atomic E-state index is 0.0892. The number of nitrogens with one attached hydrogen (secondary N) is 1. The van der Waals surface area contributed by atoms with E-state index in [1.54, 1.807) is 4.90 Å². The largest absolute Gasteiger partial charge is 0.317 e. The van der Waals surface area contributed by atoms with Gasteiger partial charge in [-0.25, -0.2) is 4.68 Å². The number of piperidine rings is 1. The number of nitrogens with zero attached hydrogens (tertiary/aromatic N) is 4. The van der Waals surface area contributed by atoms with E-state index in [4.69, 9.17) is 11.6 Å². The SMILES string of the molecule is Cc1c(C(=O)N2CCc3ccc(Cl)cc32)nnn1C1CCNCC1. The van der Waals surface area contributed by atoms with Gasteiger partial charge in [-0.05, 0) is 57.0 Å². The standard InChI is InChI=1S/C17H20ClN5O/c1-11-16(20-21-23(11)14-4-7-19-8-5-14)17(24)22-9-6-12-2-3-13(18)10-15(12)22/h2-3,10,14,19H,4-9H2,1H3. The first kappa shape index (κ1) is 15.6. The van der Waals surface area contributed by atoms with Crippen molar-refractivity contribution in [1.29, 1.82) is 0 Å². The monoisotopic (exact) mass is 345 g/mol. The van der Waals surface area contributed by atoms with Crippen molar-refractivity contribution >= 4 is 23.2 Å². The summed E-state index contributed by atoms with van der Waals surface area (Å²) in [5.74, 6) is -0.0892. The van der Waals surface area contributed by atoms with Gasteiger partial charge in [0.25, 0.3) is 5.91 Å². The van der Waals surface area contributed by atoms with E-state index in [0.29, 0.717) is 23.3 Å². The van der Waals surface area contributed by atoms with Crippen LogP contribution in [0.4, 0.5) is 5.69 Å². The Labute approximate surface area is 145 Å². The molecule has 24 heavy (non-hydrogen) atoms. The topological polar surface area (TPSA) is 63.1 Å². The molecular weight excluding hydrogens is 326 g/mol. The molecule has 2 aromatic rings. The predicted octanol–water partition coefficient (Wildman–Crippen LogP) is 2.37. The normalized spacial score (nSPS) is 18.0. The number of hydrogen-bond donors (Lipinski definition) is 1. The summed E-state index contributed by atoms with van der Waals surface area (Å²) in [7, 11) is 0. The Hall–Kier alpha value is -1.92. The van der Waals surface area contributed by atoms with Gasteiger partial charge >= 0.3 is 0 Å². The fourth-order valence-electron chi connectivity index (χ4n) is 3.63. The van der Waals surface area contributed by atoms with E-state index in [0.717, 1.165) is 49.3 Å². The van der Waals surface area contributed by atoms with E-state index >= 15 is 0 Å². The second kappa shape index (κ2) is 6.18. The van der Waals surface area contributed by atoms with Crippen LogP contribution in [0, 0.1) is 6.92 Å². The number of amides is 1. The van der Waals surface area contributed by atoms with Crippen LogP contribution in [0.1, 0.15) is 40.6 Å². The predicted molar refractivity (Wildman–Crippen MR) is 92.7 cm³/mol. The Bertz CT molecular complexity index is 781. The molecule has 1 aromatic heterocycles. The molecule has 0 radical (unpaired) electrons. The van der Waals surface area contributed by atoms with Crippen LogP contribution in [0.5, 0.6) is 0 Å². The Kier molecular flexibility index (Phi) is 4.02. The molecule has 4 rings (SSSR count). The average molecular weight is 346 g/mol. The minimum atomic E-state index is -0.0892. The van der Waals surface area contributed by atoms with Gasteiger partial charge in [-0.3, -0.25) is 4.79 Å². The van der Waals surface area contributed by atoms with Crippen molar-refractivity contribution in [2.45, 2.75) is 32.2 Å². The molecule has 1 saturated heterocycles. The lowest BCUT2D eigenvalue weighted by molar-refractivity contribution is 0.0984. The molecular formula is C17H20ClN5O. The molecule has 6 nitrogen and oxygen atoms in total. The molecule has 0 aliphatic carbocycles. The first-order chi connectivity index (χ1) is 11.6. The number of aromatic nitrogens is 3. The van der Waals surface area contributed by atoms with E-state index in [-0.39, 0.29) is 5.91 Å². The molecule has 1 aromatic carbocycles. The summed E-state index contributed by atoms with van der Waals surface area (Å²) in [6.07, 6.45) is 2.87. The van der Waals surface area contributed by atoms with Crippen LogP contribution in [0.2, 0.25) is 5.02 Å². The maximum absolute atomic E-state index is 13.0. The van der Waals surface area contributed by atoms with Crippen LogP contribution >= 0.6 is 11.6 Å². The Balaban J connectivity index is 1.62. The van der Waals surface area contributed by atoms with Crippen LogP contribution in [0.15, 0.2) is 18.2 Å². The zero-order chi connectivity index (χ0) is 16.7. The summed E-state index contributed by atoms with van der Waals surface area (Å²) in [5, 5.41) is 12.5. The van der Waals surface area contributed by atoms with Crippen LogP contribution in [-0.4, -0.2) is 40.5 Å². The van der Waals surface area contributed by atoms with Crippen molar-refractivity contribution in [3.8, 4) is 0 Å². The fraction of sp³-hybridized carbons (Fsp3) is 0.471. The number of halogens is 1. The van der Waals surface area contributed by atoms with Gasteiger partial charge in [0.05, 0.1) is 11.7 Å².